The molecule has 5 nitrogen and oxygen atoms in total. The van der Waals surface area contributed by atoms with Crippen LogP contribution in [0.5, 0.6) is 0 Å². The molecule has 0 spiro atoms. The van der Waals surface area contributed by atoms with Crippen molar-refractivity contribution in [2.24, 2.45) is 0 Å². The van der Waals surface area contributed by atoms with Gasteiger partial charge in [-0.3, -0.25) is 4.79 Å². The minimum atomic E-state index is -4.59. The third-order valence-electron chi connectivity index (χ3n) is 4.05. The number of alkyl halides is 2. The zero-order valence-electron chi connectivity index (χ0n) is 13.3. The maximum Gasteiger partial charge on any atom is 0.341 e. The van der Waals surface area contributed by atoms with Crippen LogP contribution in [0.1, 0.15) is 24.1 Å². The van der Waals surface area contributed by atoms with Gasteiger partial charge in [-0.05, 0) is 48.4 Å². The molecule has 1 heterocycles. The van der Waals surface area contributed by atoms with E-state index < -0.39 is 20.5 Å². The second-order valence-electron chi connectivity index (χ2n) is 5.84. The zero-order chi connectivity index (χ0) is 18.2. The Labute approximate surface area is 144 Å². The molecule has 0 aromatic heterocycles. The van der Waals surface area contributed by atoms with Crippen molar-refractivity contribution in [3.05, 3.63) is 53.6 Å². The molecule has 0 bridgehead atoms. The zero-order valence-corrected chi connectivity index (χ0v) is 14.1. The van der Waals surface area contributed by atoms with Crippen molar-refractivity contribution in [2.45, 2.75) is 30.0 Å². The lowest BCUT2D eigenvalue weighted by molar-refractivity contribution is -0.115. The lowest BCUT2D eigenvalue weighted by atomic mass is 10.0. The Morgan fingerprint density at radius 3 is 2.44 bits per heavy atom. The topological polar surface area (TPSA) is 75.3 Å². The smallest absolute Gasteiger partial charge is 0.341 e. The van der Waals surface area contributed by atoms with Crippen molar-refractivity contribution in [3.8, 4) is 0 Å². The van der Waals surface area contributed by atoms with Crippen molar-refractivity contribution < 1.29 is 22.0 Å². The van der Waals surface area contributed by atoms with Gasteiger partial charge in [0.2, 0.25) is 15.7 Å². The van der Waals surface area contributed by atoms with E-state index in [0.29, 0.717) is 12.1 Å². The number of nitrogens with one attached hydrogen (secondary N) is 2. The predicted molar refractivity (Wildman–Crippen MR) is 90.4 cm³/mol. The number of hydrogen-bond acceptors (Lipinski definition) is 4. The molecule has 1 unspecified atom stereocenters. The first-order valence-corrected chi connectivity index (χ1v) is 9.13. The summed E-state index contributed by atoms with van der Waals surface area (Å²) in [6.45, 7) is 1.91. The quantitative estimate of drug-likeness (QED) is 0.851. The molecule has 132 valence electrons. The van der Waals surface area contributed by atoms with E-state index in [0.717, 1.165) is 28.9 Å². The molecule has 2 aromatic carbocycles. The highest BCUT2D eigenvalue weighted by atomic mass is 32.2. The molecule has 0 saturated carbocycles. The molecule has 8 heteroatoms. The van der Waals surface area contributed by atoms with E-state index in [4.69, 9.17) is 0 Å². The van der Waals surface area contributed by atoms with Crippen molar-refractivity contribution in [1.82, 2.24) is 0 Å². The van der Waals surface area contributed by atoms with Gasteiger partial charge in [0.25, 0.3) is 0 Å². The number of fused-ring (bicyclic) bond motifs is 1. The van der Waals surface area contributed by atoms with Crippen LogP contribution in [-0.2, 0) is 21.1 Å². The molecule has 0 radical (unpaired) electrons. The van der Waals surface area contributed by atoms with E-state index in [-0.39, 0.29) is 11.9 Å². The van der Waals surface area contributed by atoms with Crippen LogP contribution in [-0.4, -0.2) is 20.1 Å². The summed E-state index contributed by atoms with van der Waals surface area (Å²) in [6, 6.07) is 10.8. The lowest BCUT2D eigenvalue weighted by Crippen LogP contribution is -2.11. The third kappa shape index (κ3) is 3.48. The van der Waals surface area contributed by atoms with Gasteiger partial charge in [0.15, 0.2) is 0 Å². The Bertz CT molecular complexity index is 912. The van der Waals surface area contributed by atoms with E-state index in [1.54, 1.807) is 0 Å². The number of halogens is 2. The number of carbonyl (C=O) groups is 1. The number of hydrogen-bond donors (Lipinski definition) is 2. The van der Waals surface area contributed by atoms with Crippen LogP contribution in [0.4, 0.5) is 20.2 Å². The largest absolute Gasteiger partial charge is 0.379 e. The Morgan fingerprint density at radius 1 is 1.12 bits per heavy atom. The number of sulfone groups is 1. The lowest BCUT2D eigenvalue weighted by Gasteiger charge is -2.17. The molecule has 1 aliphatic rings. The van der Waals surface area contributed by atoms with Crippen molar-refractivity contribution in [3.63, 3.8) is 0 Å². The second kappa shape index (κ2) is 6.44. The summed E-state index contributed by atoms with van der Waals surface area (Å²) in [5.74, 6) is -3.48. The number of benzene rings is 2. The summed E-state index contributed by atoms with van der Waals surface area (Å²) in [5.41, 5.74) is 3.30. The SMILES string of the molecule is CC(Nc1ccc(S(=O)(=O)C(F)F)cc1)c1ccc2c(c1)CC(=O)N2. The number of carbonyl (C=O) groups excluding carboxylic acids is 1. The van der Waals surface area contributed by atoms with Gasteiger partial charge >= 0.3 is 5.76 Å². The monoisotopic (exact) mass is 366 g/mol. The van der Waals surface area contributed by atoms with E-state index in [1.807, 2.05) is 25.1 Å². The highest BCUT2D eigenvalue weighted by molar-refractivity contribution is 7.91. The predicted octanol–water partition coefficient (Wildman–Crippen LogP) is 3.35. The van der Waals surface area contributed by atoms with Crippen molar-refractivity contribution in [2.75, 3.05) is 10.6 Å². The fourth-order valence-corrected chi connectivity index (χ4v) is 3.42. The van der Waals surface area contributed by atoms with Gasteiger partial charge in [0.1, 0.15) is 0 Å². The first-order chi connectivity index (χ1) is 11.8. The van der Waals surface area contributed by atoms with Crippen LogP contribution < -0.4 is 10.6 Å². The molecule has 1 amide bonds. The Morgan fingerprint density at radius 2 is 1.80 bits per heavy atom. The summed E-state index contributed by atoms with van der Waals surface area (Å²) in [5, 5.41) is 5.95. The van der Waals surface area contributed by atoms with Crippen LogP contribution >= 0.6 is 0 Å². The van der Waals surface area contributed by atoms with E-state index >= 15 is 0 Å². The van der Waals surface area contributed by atoms with Crippen molar-refractivity contribution >= 4 is 27.1 Å². The summed E-state index contributed by atoms with van der Waals surface area (Å²) >= 11 is 0. The average molecular weight is 366 g/mol. The van der Waals surface area contributed by atoms with E-state index in [1.165, 1.54) is 12.1 Å². The van der Waals surface area contributed by atoms with E-state index in [2.05, 4.69) is 10.6 Å². The maximum absolute atomic E-state index is 12.5. The first kappa shape index (κ1) is 17.3. The first-order valence-electron chi connectivity index (χ1n) is 7.58. The number of amides is 1. The normalized spacial score (nSPS) is 15.0. The van der Waals surface area contributed by atoms with Crippen LogP contribution in [0.15, 0.2) is 47.4 Å². The van der Waals surface area contributed by atoms with Gasteiger partial charge in [0.05, 0.1) is 11.3 Å². The highest BCUT2D eigenvalue weighted by Crippen LogP contribution is 2.28. The van der Waals surface area contributed by atoms with Gasteiger partial charge in [-0.2, -0.15) is 8.78 Å². The van der Waals surface area contributed by atoms with Gasteiger partial charge < -0.3 is 10.6 Å². The molecule has 2 N–H and O–H groups in total. The van der Waals surface area contributed by atoms with Gasteiger partial charge in [-0.1, -0.05) is 12.1 Å². The van der Waals surface area contributed by atoms with Crippen molar-refractivity contribution in [1.29, 1.82) is 0 Å². The van der Waals surface area contributed by atoms with Gasteiger partial charge in [0, 0.05) is 17.4 Å². The summed E-state index contributed by atoms with van der Waals surface area (Å²) < 4.78 is 47.9. The highest BCUT2D eigenvalue weighted by Gasteiger charge is 2.26. The average Bonchev–Trinajstić information content (AvgIpc) is 2.94. The van der Waals surface area contributed by atoms with Gasteiger partial charge in [-0.15, -0.1) is 0 Å². The molecule has 3 rings (SSSR count). The number of anilines is 2. The Balaban J connectivity index is 1.75. The minimum absolute atomic E-state index is 0.0383. The molecule has 1 atom stereocenters. The molecule has 25 heavy (non-hydrogen) atoms. The molecule has 2 aromatic rings. The van der Waals surface area contributed by atoms with E-state index in [9.17, 15) is 22.0 Å². The molecule has 0 saturated heterocycles. The molecule has 0 aliphatic carbocycles. The standard InChI is InChI=1S/C17H16F2N2O3S/c1-10(11-2-7-15-12(8-11)9-16(22)21-15)20-13-3-5-14(6-4-13)25(23,24)17(18)19/h2-8,10,17,20H,9H2,1H3,(H,21,22). The van der Waals surface area contributed by atoms with Crippen LogP contribution in [0.3, 0.4) is 0 Å². The summed E-state index contributed by atoms with van der Waals surface area (Å²) in [7, 11) is -4.59. The molecular formula is C17H16F2N2O3S. The Hall–Kier alpha value is -2.48. The molecule has 0 fully saturated rings. The Kier molecular flexibility index (Phi) is 4.47. The maximum atomic E-state index is 12.5. The van der Waals surface area contributed by atoms with Crippen LogP contribution in [0, 0.1) is 0 Å². The third-order valence-corrected chi connectivity index (χ3v) is 5.45. The summed E-state index contributed by atoms with van der Waals surface area (Å²) in [4.78, 5) is 11.0. The fourth-order valence-electron chi connectivity index (χ4n) is 2.70. The van der Waals surface area contributed by atoms with Crippen LogP contribution in [0.2, 0.25) is 0 Å². The fraction of sp³-hybridized carbons (Fsp3) is 0.235. The minimum Gasteiger partial charge on any atom is -0.379 e. The van der Waals surface area contributed by atoms with Crippen LogP contribution in [0.25, 0.3) is 0 Å². The molecule has 1 aliphatic heterocycles. The second-order valence-corrected chi connectivity index (χ2v) is 7.76. The summed E-state index contributed by atoms with van der Waals surface area (Å²) in [6.07, 6.45) is 0.343. The number of rotatable bonds is 5. The van der Waals surface area contributed by atoms with Gasteiger partial charge in [-0.25, -0.2) is 8.42 Å². The molecular weight excluding hydrogens is 350 g/mol.